The molecule has 2 saturated carbocycles. The SMILES string of the molecule is CC(=O)N(c1cc2c(cc1OCC(F)(F)F)[C@H]1CC[C@]3(C)[C@H](O)CC[C@H]3[C@@H]1CC2)S(=O)(=O)[O-]. The minimum Gasteiger partial charge on any atom is -0.730 e. The van der Waals surface area contributed by atoms with Crippen LogP contribution in [0.3, 0.4) is 0 Å². The van der Waals surface area contributed by atoms with E-state index in [1.54, 1.807) is 0 Å². The Labute approximate surface area is 190 Å². The van der Waals surface area contributed by atoms with Gasteiger partial charge in [0.25, 0.3) is 0 Å². The second kappa shape index (κ2) is 8.13. The van der Waals surface area contributed by atoms with Crippen molar-refractivity contribution >= 4 is 21.9 Å². The maximum absolute atomic E-state index is 12.9. The summed E-state index contributed by atoms with van der Waals surface area (Å²) in [5, 5.41) is 10.5. The van der Waals surface area contributed by atoms with E-state index in [1.165, 1.54) is 12.1 Å². The zero-order chi connectivity index (χ0) is 24.3. The average Bonchev–Trinajstić information content (AvgIpc) is 2.99. The van der Waals surface area contributed by atoms with Crippen LogP contribution in [0, 0.1) is 17.3 Å². The molecule has 1 amide bonds. The van der Waals surface area contributed by atoms with Crippen molar-refractivity contribution in [3.63, 3.8) is 0 Å². The second-order valence-corrected chi connectivity index (χ2v) is 10.9. The van der Waals surface area contributed by atoms with Gasteiger partial charge in [0.1, 0.15) is 11.4 Å². The smallest absolute Gasteiger partial charge is 0.422 e. The lowest BCUT2D eigenvalue weighted by atomic mass is 9.55. The number of fused-ring (bicyclic) bond motifs is 5. The van der Waals surface area contributed by atoms with Crippen molar-refractivity contribution in [3.05, 3.63) is 23.3 Å². The van der Waals surface area contributed by atoms with Gasteiger partial charge in [-0.1, -0.05) is 6.92 Å². The first kappa shape index (κ1) is 24.3. The number of nitrogens with zero attached hydrogens (tertiary/aromatic N) is 1. The van der Waals surface area contributed by atoms with Crippen molar-refractivity contribution in [2.45, 2.75) is 70.6 Å². The lowest BCUT2D eigenvalue weighted by Gasteiger charge is -2.50. The summed E-state index contributed by atoms with van der Waals surface area (Å²) in [6, 6.07) is 2.69. The molecule has 5 atom stereocenters. The first-order valence-electron chi connectivity index (χ1n) is 11.0. The van der Waals surface area contributed by atoms with E-state index >= 15 is 0 Å². The highest BCUT2D eigenvalue weighted by Gasteiger charge is 2.54. The van der Waals surface area contributed by atoms with Gasteiger partial charge in [0.15, 0.2) is 16.9 Å². The molecule has 7 nitrogen and oxygen atoms in total. The van der Waals surface area contributed by atoms with E-state index in [0.29, 0.717) is 12.0 Å². The third-order valence-corrected chi connectivity index (χ3v) is 8.78. The third-order valence-electron chi connectivity index (χ3n) is 7.87. The van der Waals surface area contributed by atoms with Crippen LogP contribution in [-0.4, -0.2) is 42.9 Å². The highest BCUT2D eigenvalue weighted by molar-refractivity contribution is 7.88. The lowest BCUT2D eigenvalue weighted by Crippen LogP contribution is -2.44. The molecule has 33 heavy (non-hydrogen) atoms. The highest BCUT2D eigenvalue weighted by Crippen LogP contribution is 2.61. The predicted molar refractivity (Wildman–Crippen MR) is 111 cm³/mol. The number of hydrogen-bond donors (Lipinski definition) is 1. The first-order valence-corrected chi connectivity index (χ1v) is 12.4. The van der Waals surface area contributed by atoms with Crippen LogP contribution in [0.2, 0.25) is 0 Å². The molecule has 0 unspecified atom stereocenters. The number of carbonyl (C=O) groups excluding carboxylic acids is 1. The number of carbonyl (C=O) groups is 1. The third kappa shape index (κ3) is 4.35. The normalized spacial score (nSPS) is 31.4. The Balaban J connectivity index is 1.78. The van der Waals surface area contributed by atoms with E-state index in [0.717, 1.165) is 44.6 Å². The fourth-order valence-electron chi connectivity index (χ4n) is 6.44. The van der Waals surface area contributed by atoms with Gasteiger partial charge in [-0.3, -0.25) is 4.79 Å². The number of anilines is 1. The van der Waals surface area contributed by atoms with Crippen LogP contribution >= 0.6 is 0 Å². The lowest BCUT2D eigenvalue weighted by molar-refractivity contribution is -0.153. The molecular weight excluding hydrogens is 463 g/mol. The Kier molecular flexibility index (Phi) is 5.98. The molecule has 0 saturated heterocycles. The fourth-order valence-corrected chi connectivity index (χ4v) is 7.14. The van der Waals surface area contributed by atoms with Crippen LogP contribution < -0.4 is 9.04 Å². The number of ether oxygens (including phenoxy) is 1. The number of benzene rings is 1. The summed E-state index contributed by atoms with van der Waals surface area (Å²) in [5.74, 6) is -1.05. The van der Waals surface area contributed by atoms with Crippen molar-refractivity contribution < 1.29 is 40.8 Å². The Hall–Kier alpha value is -1.85. The number of halogens is 3. The largest absolute Gasteiger partial charge is 0.730 e. The van der Waals surface area contributed by atoms with Crippen LogP contribution in [0.15, 0.2) is 12.1 Å². The summed E-state index contributed by atoms with van der Waals surface area (Å²) in [4.78, 5) is 12.0. The van der Waals surface area contributed by atoms with Crippen LogP contribution in [0.4, 0.5) is 18.9 Å². The van der Waals surface area contributed by atoms with Crippen LogP contribution in [0.1, 0.15) is 63.0 Å². The molecule has 1 aromatic carbocycles. The molecule has 4 rings (SSSR count). The number of aliphatic hydroxyl groups excluding tert-OH is 1. The van der Waals surface area contributed by atoms with Gasteiger partial charge in [0.05, 0.1) is 6.10 Å². The molecule has 0 spiro atoms. The predicted octanol–water partition coefficient (Wildman–Crippen LogP) is 3.66. The molecule has 0 bridgehead atoms. The van der Waals surface area contributed by atoms with E-state index in [-0.39, 0.29) is 33.6 Å². The molecule has 1 N–H and O–H groups in total. The molecule has 3 aliphatic carbocycles. The molecule has 2 fully saturated rings. The summed E-state index contributed by atoms with van der Waals surface area (Å²) in [7, 11) is -5.32. The number of alkyl halides is 3. The van der Waals surface area contributed by atoms with E-state index in [1.807, 2.05) is 0 Å². The number of hydrogen-bond acceptors (Lipinski definition) is 6. The Morgan fingerprint density at radius 3 is 2.58 bits per heavy atom. The number of rotatable bonds is 4. The van der Waals surface area contributed by atoms with Crippen molar-refractivity contribution in [1.29, 1.82) is 0 Å². The van der Waals surface area contributed by atoms with Gasteiger partial charge in [0.2, 0.25) is 5.91 Å². The molecular formula is C22H27F3NO6S-. The maximum Gasteiger partial charge on any atom is 0.422 e. The van der Waals surface area contributed by atoms with Crippen LogP contribution in [0.25, 0.3) is 0 Å². The fraction of sp³-hybridized carbons (Fsp3) is 0.682. The standard InChI is InChI=1S/C22H28F3NO6S/c1-12(27)26(33(29,30)31)18-9-13-3-4-15-14(7-8-21(2)17(15)5-6-20(21)28)16(13)10-19(18)32-11-22(23,24)25/h9-10,14-15,17,20,28H,3-8,11H2,1-2H3,(H,29,30,31)/p-1/t14-,15+,17-,20+,21-/m0/s1. The summed E-state index contributed by atoms with van der Waals surface area (Å²) < 4.78 is 78.8. The minimum absolute atomic E-state index is 0.0223. The zero-order valence-corrected chi connectivity index (χ0v) is 19.2. The van der Waals surface area contributed by atoms with Gasteiger partial charge >= 0.3 is 6.18 Å². The van der Waals surface area contributed by atoms with Gasteiger partial charge in [-0.05, 0) is 85.0 Å². The summed E-state index contributed by atoms with van der Waals surface area (Å²) >= 11 is 0. The maximum atomic E-state index is 12.9. The summed E-state index contributed by atoms with van der Waals surface area (Å²) in [6.07, 6.45) is -0.650. The quantitative estimate of drug-likeness (QED) is 0.646. The van der Waals surface area contributed by atoms with E-state index < -0.39 is 40.4 Å². The van der Waals surface area contributed by atoms with E-state index in [4.69, 9.17) is 4.74 Å². The molecule has 11 heteroatoms. The topological polar surface area (TPSA) is 107 Å². The van der Waals surface area contributed by atoms with E-state index in [9.17, 15) is 36.0 Å². The van der Waals surface area contributed by atoms with Gasteiger partial charge in [-0.25, -0.2) is 12.7 Å². The molecule has 1 aromatic rings. The van der Waals surface area contributed by atoms with Crippen molar-refractivity contribution in [2.75, 3.05) is 10.9 Å². The molecule has 184 valence electrons. The molecule has 0 aromatic heterocycles. The van der Waals surface area contributed by atoms with Crippen molar-refractivity contribution in [3.8, 4) is 5.75 Å². The Morgan fingerprint density at radius 1 is 1.27 bits per heavy atom. The van der Waals surface area contributed by atoms with Gasteiger partial charge in [-0.15, -0.1) is 0 Å². The molecule has 0 aliphatic heterocycles. The summed E-state index contributed by atoms with van der Waals surface area (Å²) in [6.45, 7) is 1.27. The number of aryl methyl sites for hydroxylation is 1. The average molecular weight is 491 g/mol. The van der Waals surface area contributed by atoms with E-state index in [2.05, 4.69) is 6.92 Å². The Bertz CT molecular complexity index is 1060. The summed E-state index contributed by atoms with van der Waals surface area (Å²) in [5.41, 5.74) is 0.789. The molecule has 0 radical (unpaired) electrons. The highest BCUT2D eigenvalue weighted by atomic mass is 32.2. The number of amides is 1. The molecule has 0 heterocycles. The van der Waals surface area contributed by atoms with Crippen molar-refractivity contribution in [2.24, 2.45) is 17.3 Å². The molecule has 3 aliphatic rings. The van der Waals surface area contributed by atoms with Gasteiger partial charge in [-0.2, -0.15) is 13.2 Å². The van der Waals surface area contributed by atoms with Crippen LogP contribution in [-0.2, 0) is 21.5 Å². The van der Waals surface area contributed by atoms with Gasteiger partial charge in [0, 0.05) is 6.92 Å². The van der Waals surface area contributed by atoms with Crippen LogP contribution in [0.5, 0.6) is 5.75 Å². The minimum atomic E-state index is -5.32. The Morgan fingerprint density at radius 2 is 1.97 bits per heavy atom. The first-order chi connectivity index (χ1) is 15.2. The zero-order valence-electron chi connectivity index (χ0n) is 18.4. The monoisotopic (exact) mass is 490 g/mol. The second-order valence-electron chi connectivity index (χ2n) is 9.72. The van der Waals surface area contributed by atoms with Crippen molar-refractivity contribution in [1.82, 2.24) is 0 Å². The number of aliphatic hydroxyl groups is 1. The van der Waals surface area contributed by atoms with Gasteiger partial charge < -0.3 is 14.4 Å².